The fourth-order valence-corrected chi connectivity index (χ4v) is 3.29. The van der Waals surface area contributed by atoms with Gasteiger partial charge in [-0.15, -0.1) is 0 Å². The number of aromatic nitrogens is 3. The standard InChI is InChI=1S/C18H23ClN4O3/c1-25-8-9-26-15-4-2-14(3-5-15)21-18(24)13-10-16(19)22-17(11-13)23-7-6-20-12-23/h6-7,10-12,14-15H,2-5,8-9H2,1H3,(H,21,24)/t14-,15-. The summed E-state index contributed by atoms with van der Waals surface area (Å²) in [6.45, 7) is 1.23. The zero-order valence-electron chi connectivity index (χ0n) is 14.7. The molecule has 0 unspecified atom stereocenters. The van der Waals surface area contributed by atoms with Crippen LogP contribution >= 0.6 is 11.6 Å². The molecule has 26 heavy (non-hydrogen) atoms. The lowest BCUT2D eigenvalue weighted by Crippen LogP contribution is -2.39. The maximum absolute atomic E-state index is 12.6. The fraction of sp³-hybridized carbons (Fsp3) is 0.500. The molecule has 1 aliphatic carbocycles. The van der Waals surface area contributed by atoms with Gasteiger partial charge in [0, 0.05) is 31.1 Å². The van der Waals surface area contributed by atoms with Crippen LogP contribution < -0.4 is 5.32 Å². The van der Waals surface area contributed by atoms with Gasteiger partial charge in [-0.2, -0.15) is 0 Å². The van der Waals surface area contributed by atoms with E-state index in [2.05, 4.69) is 15.3 Å². The SMILES string of the molecule is COCCO[C@H]1CC[C@H](NC(=O)c2cc(Cl)nc(-n3ccnc3)c2)CC1. The highest BCUT2D eigenvalue weighted by Crippen LogP contribution is 2.22. The van der Waals surface area contributed by atoms with Crippen molar-refractivity contribution in [3.63, 3.8) is 0 Å². The molecule has 1 aliphatic rings. The van der Waals surface area contributed by atoms with Gasteiger partial charge in [-0.05, 0) is 37.8 Å². The number of hydrogen-bond donors (Lipinski definition) is 1. The van der Waals surface area contributed by atoms with Crippen molar-refractivity contribution < 1.29 is 14.3 Å². The third-order valence-corrected chi connectivity index (χ3v) is 4.66. The first-order valence-corrected chi connectivity index (χ1v) is 9.11. The van der Waals surface area contributed by atoms with Gasteiger partial charge in [0.05, 0.1) is 19.3 Å². The van der Waals surface area contributed by atoms with Crippen LogP contribution in [0.4, 0.5) is 0 Å². The van der Waals surface area contributed by atoms with E-state index in [1.807, 2.05) is 0 Å². The lowest BCUT2D eigenvalue weighted by atomic mass is 9.92. The second-order valence-corrected chi connectivity index (χ2v) is 6.70. The highest BCUT2D eigenvalue weighted by Gasteiger charge is 2.23. The Hall–Kier alpha value is -1.96. The van der Waals surface area contributed by atoms with Gasteiger partial charge in [-0.25, -0.2) is 9.97 Å². The predicted molar refractivity (Wildman–Crippen MR) is 97.7 cm³/mol. The molecule has 1 N–H and O–H groups in total. The summed E-state index contributed by atoms with van der Waals surface area (Å²) in [5.41, 5.74) is 0.493. The normalized spacial score (nSPS) is 20.1. The minimum absolute atomic E-state index is 0.139. The molecule has 2 aromatic heterocycles. The molecule has 8 heteroatoms. The topological polar surface area (TPSA) is 78.3 Å². The monoisotopic (exact) mass is 378 g/mol. The second-order valence-electron chi connectivity index (χ2n) is 6.32. The van der Waals surface area contributed by atoms with Gasteiger partial charge in [0.1, 0.15) is 17.3 Å². The van der Waals surface area contributed by atoms with Crippen LogP contribution in [0.5, 0.6) is 0 Å². The number of halogens is 1. The van der Waals surface area contributed by atoms with Gasteiger partial charge >= 0.3 is 0 Å². The Balaban J connectivity index is 1.56. The Kier molecular flexibility index (Phi) is 6.60. The van der Waals surface area contributed by atoms with Crippen LogP contribution in [0.2, 0.25) is 5.15 Å². The van der Waals surface area contributed by atoms with E-state index >= 15 is 0 Å². The first-order valence-electron chi connectivity index (χ1n) is 8.73. The summed E-state index contributed by atoms with van der Waals surface area (Å²) in [4.78, 5) is 20.8. The van der Waals surface area contributed by atoms with Crippen LogP contribution in [0.25, 0.3) is 5.82 Å². The molecular formula is C18H23ClN4O3. The highest BCUT2D eigenvalue weighted by molar-refractivity contribution is 6.29. The number of imidazole rings is 1. The number of carbonyl (C=O) groups is 1. The molecule has 140 valence electrons. The number of amides is 1. The van der Waals surface area contributed by atoms with Gasteiger partial charge in [-0.1, -0.05) is 11.6 Å². The zero-order chi connectivity index (χ0) is 18.4. The molecule has 0 spiro atoms. The van der Waals surface area contributed by atoms with Crippen LogP contribution in [-0.4, -0.2) is 52.9 Å². The van der Waals surface area contributed by atoms with E-state index in [0.717, 1.165) is 25.7 Å². The molecule has 1 amide bonds. The molecule has 3 rings (SSSR count). The Morgan fingerprint density at radius 1 is 1.31 bits per heavy atom. The summed E-state index contributed by atoms with van der Waals surface area (Å²) in [6, 6.07) is 3.44. The van der Waals surface area contributed by atoms with Crippen LogP contribution in [0.15, 0.2) is 30.9 Å². The molecule has 0 aliphatic heterocycles. The first-order chi connectivity index (χ1) is 12.7. The van der Waals surface area contributed by atoms with Crippen molar-refractivity contribution in [2.75, 3.05) is 20.3 Å². The number of hydrogen-bond acceptors (Lipinski definition) is 5. The maximum Gasteiger partial charge on any atom is 0.251 e. The molecule has 7 nitrogen and oxygen atoms in total. The summed E-state index contributed by atoms with van der Waals surface area (Å²) in [5.74, 6) is 0.426. The third kappa shape index (κ3) is 5.03. The minimum Gasteiger partial charge on any atom is -0.382 e. The molecule has 0 bridgehead atoms. The molecule has 2 aromatic rings. The third-order valence-electron chi connectivity index (χ3n) is 4.46. The van der Waals surface area contributed by atoms with Crippen molar-refractivity contribution in [1.29, 1.82) is 0 Å². The van der Waals surface area contributed by atoms with Crippen LogP contribution in [0.3, 0.4) is 0 Å². The number of pyridine rings is 1. The Morgan fingerprint density at radius 2 is 2.12 bits per heavy atom. The van der Waals surface area contributed by atoms with Crippen molar-refractivity contribution >= 4 is 17.5 Å². The number of ether oxygens (including phenoxy) is 2. The maximum atomic E-state index is 12.6. The Morgan fingerprint density at radius 3 is 2.81 bits per heavy atom. The quantitative estimate of drug-likeness (QED) is 0.592. The number of rotatable bonds is 7. The lowest BCUT2D eigenvalue weighted by Gasteiger charge is -2.29. The van der Waals surface area contributed by atoms with Crippen molar-refractivity contribution in [1.82, 2.24) is 19.9 Å². The molecular weight excluding hydrogens is 356 g/mol. The summed E-state index contributed by atoms with van der Waals surface area (Å²) in [5, 5.41) is 3.37. The zero-order valence-corrected chi connectivity index (χ0v) is 15.5. The lowest BCUT2D eigenvalue weighted by molar-refractivity contribution is -0.00408. The average Bonchev–Trinajstić information content (AvgIpc) is 3.18. The van der Waals surface area contributed by atoms with Crippen molar-refractivity contribution in [2.45, 2.75) is 37.8 Å². The smallest absolute Gasteiger partial charge is 0.251 e. The predicted octanol–water partition coefficient (Wildman–Crippen LogP) is 2.62. The molecule has 0 aromatic carbocycles. The van der Waals surface area contributed by atoms with Gasteiger partial charge in [0.25, 0.3) is 5.91 Å². The Bertz CT molecular complexity index is 715. The molecule has 0 radical (unpaired) electrons. The highest BCUT2D eigenvalue weighted by atomic mass is 35.5. The first kappa shape index (κ1) is 18.8. The minimum atomic E-state index is -0.139. The summed E-state index contributed by atoms with van der Waals surface area (Å²) in [7, 11) is 1.67. The largest absolute Gasteiger partial charge is 0.382 e. The van der Waals surface area contributed by atoms with E-state index in [1.165, 1.54) is 0 Å². The summed E-state index contributed by atoms with van der Waals surface area (Å²) < 4.78 is 12.5. The number of nitrogens with one attached hydrogen (secondary N) is 1. The van der Waals surface area contributed by atoms with E-state index in [1.54, 1.807) is 42.5 Å². The van der Waals surface area contributed by atoms with E-state index < -0.39 is 0 Å². The number of carbonyl (C=O) groups excluding carboxylic acids is 1. The molecule has 1 fully saturated rings. The van der Waals surface area contributed by atoms with Crippen molar-refractivity contribution in [3.8, 4) is 5.82 Å². The fourth-order valence-electron chi connectivity index (χ4n) is 3.08. The van der Waals surface area contributed by atoms with Gasteiger partial charge in [0.15, 0.2) is 0 Å². The van der Waals surface area contributed by atoms with Crippen molar-refractivity contribution in [2.24, 2.45) is 0 Å². The molecule has 0 saturated heterocycles. The van der Waals surface area contributed by atoms with Crippen LogP contribution in [-0.2, 0) is 9.47 Å². The molecule has 0 atom stereocenters. The van der Waals surface area contributed by atoms with E-state index in [4.69, 9.17) is 21.1 Å². The van der Waals surface area contributed by atoms with Crippen LogP contribution in [0, 0.1) is 0 Å². The van der Waals surface area contributed by atoms with Gasteiger partial charge < -0.3 is 14.8 Å². The summed E-state index contributed by atoms with van der Waals surface area (Å²) >= 11 is 6.08. The van der Waals surface area contributed by atoms with Crippen molar-refractivity contribution in [3.05, 3.63) is 41.6 Å². The summed E-state index contributed by atoms with van der Waals surface area (Å²) in [6.07, 6.45) is 8.94. The second kappa shape index (κ2) is 9.12. The molecule has 2 heterocycles. The molecule has 1 saturated carbocycles. The number of methoxy groups -OCH3 is 1. The van der Waals surface area contributed by atoms with Crippen LogP contribution in [0.1, 0.15) is 36.0 Å². The van der Waals surface area contributed by atoms with Gasteiger partial charge in [-0.3, -0.25) is 9.36 Å². The Labute approximate surface area is 157 Å². The number of nitrogens with zero attached hydrogens (tertiary/aromatic N) is 3. The van der Waals surface area contributed by atoms with E-state index in [0.29, 0.717) is 24.6 Å². The van der Waals surface area contributed by atoms with Gasteiger partial charge in [0.2, 0.25) is 0 Å². The van der Waals surface area contributed by atoms with E-state index in [9.17, 15) is 4.79 Å². The average molecular weight is 379 g/mol. The van der Waals surface area contributed by atoms with E-state index in [-0.39, 0.29) is 23.2 Å².